The fourth-order valence-electron chi connectivity index (χ4n) is 4.98. The van der Waals surface area contributed by atoms with Crippen LogP contribution in [0.5, 0.6) is 0 Å². The van der Waals surface area contributed by atoms with Crippen LogP contribution < -0.4 is 10.6 Å². The van der Waals surface area contributed by atoms with E-state index in [4.69, 9.17) is 0 Å². The quantitative estimate of drug-likeness (QED) is 0.386. The summed E-state index contributed by atoms with van der Waals surface area (Å²) in [5.74, 6) is 0.179. The number of benzene rings is 2. The molecule has 2 aromatic carbocycles. The number of nitrogens with one attached hydrogen (secondary N) is 2. The minimum Gasteiger partial charge on any atom is -0.465 e. The lowest BCUT2D eigenvalue weighted by Crippen LogP contribution is -2.53. The number of hydrogen-bond acceptors (Lipinski definition) is 3. The Morgan fingerprint density at radius 2 is 1.50 bits per heavy atom. The second-order valence-corrected chi connectivity index (χ2v) is 10.1. The Balaban J connectivity index is 1.79. The largest absolute Gasteiger partial charge is 0.465 e. The molecule has 34 heavy (non-hydrogen) atoms. The number of nitrogens with zero attached hydrogens (tertiary/aromatic N) is 1. The summed E-state index contributed by atoms with van der Waals surface area (Å²) in [7, 11) is 0. The Kier molecular flexibility index (Phi) is 8.59. The van der Waals surface area contributed by atoms with Crippen LogP contribution in [0.2, 0.25) is 0 Å². The van der Waals surface area contributed by atoms with Gasteiger partial charge in [0.2, 0.25) is 5.91 Å². The summed E-state index contributed by atoms with van der Waals surface area (Å²) in [5.41, 5.74) is 3.55. The first-order valence-corrected chi connectivity index (χ1v) is 12.4. The molecule has 0 bridgehead atoms. The highest BCUT2D eigenvalue weighted by Gasteiger charge is 2.36. The molecule has 0 unspecified atom stereocenters. The Morgan fingerprint density at radius 3 is 2.03 bits per heavy atom. The highest BCUT2D eigenvalue weighted by atomic mass is 16.4. The summed E-state index contributed by atoms with van der Waals surface area (Å²) < 4.78 is 0. The van der Waals surface area contributed by atoms with E-state index < -0.39 is 6.09 Å². The standard InChI is InChI=1S/C28H39N3O3/c1-20(2)23-14-11-15-24(21(3)4)26(23)29-25(32)18-31(27(33)34)19-28(16-9-6-10-17-28)30-22-12-7-5-8-13-22/h5,7-8,11-15,20-21,30H,6,9-10,16-19H2,1-4H3,(H,29,32)(H,33,34). The average molecular weight is 466 g/mol. The van der Waals surface area contributed by atoms with E-state index in [9.17, 15) is 14.7 Å². The summed E-state index contributed by atoms with van der Waals surface area (Å²) in [6.45, 7) is 8.47. The molecule has 3 rings (SSSR count). The first kappa shape index (κ1) is 25.6. The Bertz CT molecular complexity index is 940. The third-order valence-corrected chi connectivity index (χ3v) is 6.73. The maximum Gasteiger partial charge on any atom is 0.407 e. The molecule has 0 radical (unpaired) electrons. The van der Waals surface area contributed by atoms with Gasteiger partial charge in [-0.25, -0.2) is 4.79 Å². The van der Waals surface area contributed by atoms with Crippen LogP contribution in [0.4, 0.5) is 16.2 Å². The van der Waals surface area contributed by atoms with Gasteiger partial charge in [-0.2, -0.15) is 0 Å². The molecule has 0 atom stereocenters. The summed E-state index contributed by atoms with van der Waals surface area (Å²) in [5, 5.41) is 16.7. The predicted octanol–water partition coefficient (Wildman–Crippen LogP) is 6.67. The SMILES string of the molecule is CC(C)c1cccc(C(C)C)c1NC(=O)CN(CC1(Nc2ccccc2)CCCCC1)C(=O)O. The van der Waals surface area contributed by atoms with Crippen molar-refractivity contribution in [1.82, 2.24) is 4.90 Å². The number of hydrogen-bond donors (Lipinski definition) is 3. The third-order valence-electron chi connectivity index (χ3n) is 6.73. The molecule has 184 valence electrons. The average Bonchev–Trinajstić information content (AvgIpc) is 2.79. The summed E-state index contributed by atoms with van der Waals surface area (Å²) in [4.78, 5) is 26.6. The first-order chi connectivity index (χ1) is 16.2. The first-order valence-electron chi connectivity index (χ1n) is 12.4. The van der Waals surface area contributed by atoms with E-state index in [1.165, 1.54) is 4.90 Å². The summed E-state index contributed by atoms with van der Waals surface area (Å²) in [6, 6.07) is 16.0. The van der Waals surface area contributed by atoms with Gasteiger partial charge in [0.15, 0.2) is 0 Å². The molecule has 2 amide bonds. The van der Waals surface area contributed by atoms with Crippen LogP contribution >= 0.6 is 0 Å². The van der Waals surface area contributed by atoms with Crippen molar-refractivity contribution < 1.29 is 14.7 Å². The van der Waals surface area contributed by atoms with Crippen molar-refractivity contribution in [2.24, 2.45) is 0 Å². The molecule has 1 saturated carbocycles. The van der Waals surface area contributed by atoms with Gasteiger partial charge in [-0.3, -0.25) is 9.69 Å². The summed E-state index contributed by atoms with van der Waals surface area (Å²) in [6.07, 6.45) is 3.91. The number of carbonyl (C=O) groups excluding carboxylic acids is 1. The van der Waals surface area contributed by atoms with Crippen molar-refractivity contribution >= 4 is 23.4 Å². The molecule has 6 nitrogen and oxygen atoms in total. The normalized spacial score (nSPS) is 15.2. The van der Waals surface area contributed by atoms with E-state index >= 15 is 0 Å². The number of anilines is 2. The van der Waals surface area contributed by atoms with E-state index in [2.05, 4.69) is 38.3 Å². The molecule has 0 aliphatic heterocycles. The second-order valence-electron chi connectivity index (χ2n) is 10.1. The van der Waals surface area contributed by atoms with Gasteiger partial charge >= 0.3 is 6.09 Å². The molecule has 2 aromatic rings. The van der Waals surface area contributed by atoms with E-state index in [1.54, 1.807) is 0 Å². The van der Waals surface area contributed by atoms with Crippen LogP contribution in [0.15, 0.2) is 48.5 Å². The smallest absolute Gasteiger partial charge is 0.407 e. The Labute approximate surface area is 203 Å². The van der Waals surface area contributed by atoms with Gasteiger partial charge in [-0.15, -0.1) is 0 Å². The minimum atomic E-state index is -1.07. The van der Waals surface area contributed by atoms with Crippen molar-refractivity contribution in [3.8, 4) is 0 Å². The van der Waals surface area contributed by atoms with Crippen LogP contribution in [0.3, 0.4) is 0 Å². The van der Waals surface area contributed by atoms with Crippen molar-refractivity contribution in [1.29, 1.82) is 0 Å². The lowest BCUT2D eigenvalue weighted by Gasteiger charge is -2.41. The molecule has 1 fully saturated rings. The van der Waals surface area contributed by atoms with Crippen LogP contribution in [-0.4, -0.2) is 40.6 Å². The van der Waals surface area contributed by atoms with Gasteiger partial charge < -0.3 is 15.7 Å². The van der Waals surface area contributed by atoms with Crippen molar-refractivity contribution in [2.45, 2.75) is 77.2 Å². The van der Waals surface area contributed by atoms with Gasteiger partial charge in [-0.1, -0.05) is 83.4 Å². The lowest BCUT2D eigenvalue weighted by atomic mass is 9.81. The topological polar surface area (TPSA) is 81.7 Å². The molecule has 1 aliphatic rings. The zero-order chi connectivity index (χ0) is 24.7. The van der Waals surface area contributed by atoms with Gasteiger partial charge in [0.1, 0.15) is 6.54 Å². The number of para-hydroxylation sites is 2. The van der Waals surface area contributed by atoms with E-state index in [1.807, 2.05) is 48.5 Å². The van der Waals surface area contributed by atoms with Crippen molar-refractivity contribution in [3.05, 3.63) is 59.7 Å². The zero-order valence-electron chi connectivity index (χ0n) is 20.9. The predicted molar refractivity (Wildman–Crippen MR) is 139 cm³/mol. The second kappa shape index (κ2) is 11.4. The van der Waals surface area contributed by atoms with E-state index in [0.29, 0.717) is 0 Å². The molecule has 0 spiro atoms. The molecule has 0 saturated heterocycles. The molecular formula is C28H39N3O3. The minimum absolute atomic E-state index is 0.197. The van der Waals surface area contributed by atoms with E-state index in [0.717, 1.165) is 54.6 Å². The highest BCUT2D eigenvalue weighted by molar-refractivity contribution is 5.95. The number of rotatable bonds is 9. The number of amides is 2. The third kappa shape index (κ3) is 6.52. The Morgan fingerprint density at radius 1 is 0.912 bits per heavy atom. The van der Waals surface area contributed by atoms with Crippen LogP contribution in [0.25, 0.3) is 0 Å². The fourth-order valence-corrected chi connectivity index (χ4v) is 4.98. The number of carboxylic acid groups (broad SMARTS) is 1. The van der Waals surface area contributed by atoms with Gasteiger partial charge in [0.05, 0.1) is 5.54 Å². The lowest BCUT2D eigenvalue weighted by molar-refractivity contribution is -0.117. The highest BCUT2D eigenvalue weighted by Crippen LogP contribution is 2.34. The fraction of sp³-hybridized carbons (Fsp3) is 0.500. The molecule has 3 N–H and O–H groups in total. The van der Waals surface area contributed by atoms with Crippen molar-refractivity contribution in [3.63, 3.8) is 0 Å². The molecule has 6 heteroatoms. The van der Waals surface area contributed by atoms with E-state index in [-0.39, 0.29) is 36.4 Å². The number of carbonyl (C=O) groups is 2. The molecule has 0 aromatic heterocycles. The summed E-state index contributed by atoms with van der Waals surface area (Å²) >= 11 is 0. The molecule has 1 aliphatic carbocycles. The van der Waals surface area contributed by atoms with Gasteiger partial charge in [0.25, 0.3) is 0 Å². The molecular weight excluding hydrogens is 426 g/mol. The monoisotopic (exact) mass is 465 g/mol. The molecule has 0 heterocycles. The maximum absolute atomic E-state index is 13.1. The maximum atomic E-state index is 13.1. The van der Waals surface area contributed by atoms with Crippen molar-refractivity contribution in [2.75, 3.05) is 23.7 Å². The van der Waals surface area contributed by atoms with Crippen LogP contribution in [0, 0.1) is 0 Å². The van der Waals surface area contributed by atoms with Crippen LogP contribution in [0.1, 0.15) is 82.8 Å². The van der Waals surface area contributed by atoms with Gasteiger partial charge in [0, 0.05) is 17.9 Å². The zero-order valence-corrected chi connectivity index (χ0v) is 20.9. The Hall–Kier alpha value is -3.02. The van der Waals surface area contributed by atoms with Crippen LogP contribution in [-0.2, 0) is 4.79 Å². The van der Waals surface area contributed by atoms with Gasteiger partial charge in [-0.05, 0) is 47.9 Å².